The molecular formula is C26H36O5. The van der Waals surface area contributed by atoms with Crippen LogP contribution in [-0.4, -0.2) is 29.3 Å². The minimum atomic E-state index is -0.587. The number of rotatable bonds is 4. The molecule has 1 aromatic carbocycles. The Morgan fingerprint density at radius 1 is 1.10 bits per heavy atom. The fraction of sp³-hybridized carbons (Fsp3) is 0.692. The average molecular weight is 429 g/mol. The third kappa shape index (κ3) is 3.90. The van der Waals surface area contributed by atoms with Crippen LogP contribution in [0.25, 0.3) is 0 Å². The molecule has 0 unspecified atom stereocenters. The number of fused-ring (bicyclic) bond motifs is 5. The van der Waals surface area contributed by atoms with E-state index < -0.39 is 12.2 Å². The van der Waals surface area contributed by atoms with Gasteiger partial charge in [0.25, 0.3) is 0 Å². The Hall–Kier alpha value is -1.88. The molecule has 5 nitrogen and oxygen atoms in total. The second-order valence-corrected chi connectivity index (χ2v) is 10.7. The number of aliphatic hydroxyl groups is 1. The summed E-state index contributed by atoms with van der Waals surface area (Å²) in [5, 5.41) is 10.8. The van der Waals surface area contributed by atoms with E-state index >= 15 is 0 Å². The van der Waals surface area contributed by atoms with Gasteiger partial charge in [0.1, 0.15) is 11.9 Å². The van der Waals surface area contributed by atoms with Crippen LogP contribution in [0.1, 0.15) is 77.3 Å². The molecule has 6 atom stereocenters. The Balaban J connectivity index is 1.55. The molecule has 1 aromatic rings. The van der Waals surface area contributed by atoms with Gasteiger partial charge in [0.15, 0.2) is 0 Å². The maximum Gasteiger partial charge on any atom is 0.313 e. The van der Waals surface area contributed by atoms with Crippen LogP contribution in [0.15, 0.2) is 18.2 Å². The normalized spacial score (nSPS) is 34.1. The molecule has 31 heavy (non-hydrogen) atoms. The van der Waals surface area contributed by atoms with Crippen molar-refractivity contribution in [2.75, 3.05) is 0 Å². The first kappa shape index (κ1) is 22.3. The largest absolute Gasteiger partial charge is 0.459 e. The molecule has 2 saturated carbocycles. The summed E-state index contributed by atoms with van der Waals surface area (Å²) in [7, 11) is 0. The van der Waals surface area contributed by atoms with Gasteiger partial charge in [-0.05, 0) is 73.1 Å². The van der Waals surface area contributed by atoms with Crippen molar-refractivity contribution >= 4 is 11.9 Å². The first-order valence-corrected chi connectivity index (χ1v) is 11.8. The zero-order valence-corrected chi connectivity index (χ0v) is 19.4. The standard InChI is InChI=1S/C26H36O5/c1-14(2)24(28)30-17-7-9-18-16(12-17)6-8-20-19(18)10-11-26(5)21(20)13-22(27)23(26)31-25(29)15(3)4/h7,9,12,14-15,19-23,27H,6,8,10-11,13H2,1-5H3/t19-,20-,21+,22-,23+,26+/m1/s1. The van der Waals surface area contributed by atoms with Crippen molar-refractivity contribution in [3.05, 3.63) is 29.3 Å². The number of hydrogen-bond acceptors (Lipinski definition) is 5. The summed E-state index contributed by atoms with van der Waals surface area (Å²) < 4.78 is 11.4. The van der Waals surface area contributed by atoms with Crippen LogP contribution < -0.4 is 4.74 Å². The number of aliphatic hydroxyl groups excluding tert-OH is 1. The summed E-state index contributed by atoms with van der Waals surface area (Å²) in [6.45, 7) is 9.57. The quantitative estimate of drug-likeness (QED) is 0.559. The zero-order valence-electron chi connectivity index (χ0n) is 19.4. The minimum Gasteiger partial charge on any atom is -0.459 e. The van der Waals surface area contributed by atoms with Crippen molar-refractivity contribution in [1.82, 2.24) is 0 Å². The van der Waals surface area contributed by atoms with Gasteiger partial charge in [0.05, 0.1) is 17.9 Å². The number of hydrogen-bond donors (Lipinski definition) is 1. The molecule has 0 radical (unpaired) electrons. The van der Waals surface area contributed by atoms with E-state index in [1.165, 1.54) is 11.1 Å². The number of esters is 2. The highest BCUT2D eigenvalue weighted by atomic mass is 16.6. The summed E-state index contributed by atoms with van der Waals surface area (Å²) in [5.74, 6) is 1.15. The molecule has 170 valence electrons. The predicted molar refractivity (Wildman–Crippen MR) is 118 cm³/mol. The Kier molecular flexibility index (Phi) is 5.93. The van der Waals surface area contributed by atoms with Gasteiger partial charge in [-0.2, -0.15) is 0 Å². The van der Waals surface area contributed by atoms with E-state index in [2.05, 4.69) is 13.0 Å². The highest BCUT2D eigenvalue weighted by Gasteiger charge is 2.59. The summed E-state index contributed by atoms with van der Waals surface area (Å²) in [6.07, 6.45) is 3.67. The van der Waals surface area contributed by atoms with E-state index in [-0.39, 0.29) is 29.2 Å². The van der Waals surface area contributed by atoms with Gasteiger partial charge >= 0.3 is 11.9 Å². The van der Waals surface area contributed by atoms with Crippen LogP contribution in [0, 0.1) is 29.1 Å². The summed E-state index contributed by atoms with van der Waals surface area (Å²) in [6, 6.07) is 6.10. The molecule has 3 aliphatic rings. The van der Waals surface area contributed by atoms with Gasteiger partial charge in [0, 0.05) is 5.41 Å². The zero-order chi connectivity index (χ0) is 22.5. The van der Waals surface area contributed by atoms with E-state index in [1.807, 2.05) is 39.8 Å². The number of benzene rings is 1. The van der Waals surface area contributed by atoms with Crippen LogP contribution in [0.5, 0.6) is 5.75 Å². The Labute approximate surface area is 185 Å². The Bertz CT molecular complexity index is 859. The molecular weight excluding hydrogens is 392 g/mol. The number of carbonyl (C=O) groups excluding carboxylic acids is 2. The van der Waals surface area contributed by atoms with Gasteiger partial charge in [0.2, 0.25) is 0 Å². The average Bonchev–Trinajstić information content (AvgIpc) is 2.97. The van der Waals surface area contributed by atoms with E-state index in [1.54, 1.807) is 0 Å². The topological polar surface area (TPSA) is 72.8 Å². The second kappa shape index (κ2) is 8.23. The first-order valence-electron chi connectivity index (χ1n) is 11.8. The van der Waals surface area contributed by atoms with Gasteiger partial charge in [-0.25, -0.2) is 0 Å². The summed E-state index contributed by atoms with van der Waals surface area (Å²) in [5.41, 5.74) is 2.47. The molecule has 2 fully saturated rings. The Morgan fingerprint density at radius 3 is 2.48 bits per heavy atom. The third-order valence-electron chi connectivity index (χ3n) is 8.03. The van der Waals surface area contributed by atoms with Gasteiger partial charge in [-0.3, -0.25) is 9.59 Å². The van der Waals surface area contributed by atoms with E-state index in [4.69, 9.17) is 9.47 Å². The van der Waals surface area contributed by atoms with Crippen LogP contribution >= 0.6 is 0 Å². The maximum atomic E-state index is 12.3. The second-order valence-electron chi connectivity index (χ2n) is 10.7. The maximum absolute atomic E-state index is 12.3. The van der Waals surface area contributed by atoms with Crippen molar-refractivity contribution in [2.45, 2.75) is 84.8 Å². The molecule has 0 spiro atoms. The lowest BCUT2D eigenvalue weighted by molar-refractivity contribution is -0.167. The van der Waals surface area contributed by atoms with Gasteiger partial charge in [-0.15, -0.1) is 0 Å². The lowest BCUT2D eigenvalue weighted by Crippen LogP contribution is -2.46. The van der Waals surface area contributed by atoms with Crippen LogP contribution in [-0.2, 0) is 20.7 Å². The van der Waals surface area contributed by atoms with E-state index in [9.17, 15) is 14.7 Å². The molecule has 3 aliphatic carbocycles. The lowest BCUT2D eigenvalue weighted by Gasteiger charge is -2.50. The molecule has 0 heterocycles. The third-order valence-corrected chi connectivity index (χ3v) is 8.03. The number of ether oxygens (including phenoxy) is 2. The molecule has 0 aromatic heterocycles. The van der Waals surface area contributed by atoms with Crippen LogP contribution in [0.2, 0.25) is 0 Å². The van der Waals surface area contributed by atoms with Crippen molar-refractivity contribution in [3.8, 4) is 5.75 Å². The summed E-state index contributed by atoms with van der Waals surface area (Å²) in [4.78, 5) is 24.3. The van der Waals surface area contributed by atoms with Crippen molar-refractivity contribution in [3.63, 3.8) is 0 Å². The fourth-order valence-electron chi connectivity index (χ4n) is 6.30. The highest BCUT2D eigenvalue weighted by molar-refractivity contribution is 5.74. The fourth-order valence-corrected chi connectivity index (χ4v) is 6.30. The van der Waals surface area contributed by atoms with E-state index in [0.29, 0.717) is 29.9 Å². The predicted octanol–water partition coefficient (Wildman–Crippen LogP) is 4.64. The van der Waals surface area contributed by atoms with Crippen molar-refractivity contribution in [2.24, 2.45) is 29.1 Å². The van der Waals surface area contributed by atoms with Crippen LogP contribution in [0.4, 0.5) is 0 Å². The monoisotopic (exact) mass is 428 g/mol. The molecule has 4 rings (SSSR count). The summed E-state index contributed by atoms with van der Waals surface area (Å²) >= 11 is 0. The molecule has 1 N–H and O–H groups in total. The van der Waals surface area contributed by atoms with Crippen LogP contribution in [0.3, 0.4) is 0 Å². The minimum absolute atomic E-state index is 0.150. The van der Waals surface area contributed by atoms with E-state index in [0.717, 1.165) is 25.7 Å². The number of carbonyl (C=O) groups is 2. The Morgan fingerprint density at radius 2 is 1.81 bits per heavy atom. The smallest absolute Gasteiger partial charge is 0.313 e. The number of aryl methyl sites for hydroxylation is 1. The van der Waals surface area contributed by atoms with Gasteiger partial charge in [-0.1, -0.05) is 40.7 Å². The van der Waals surface area contributed by atoms with Crippen molar-refractivity contribution in [1.29, 1.82) is 0 Å². The first-order chi connectivity index (χ1) is 14.6. The molecule has 0 saturated heterocycles. The van der Waals surface area contributed by atoms with Crippen molar-refractivity contribution < 1.29 is 24.2 Å². The SMILES string of the molecule is CC(C)C(=O)Oc1ccc2c(c1)CC[C@@H]1[C@@H]2CC[C@@]2(C)[C@H]1C[C@@H](O)[C@@H]2OC(=O)C(C)C. The molecule has 5 heteroatoms. The molecule has 0 aliphatic heterocycles. The molecule has 0 amide bonds. The lowest BCUT2D eigenvalue weighted by atomic mass is 9.55. The van der Waals surface area contributed by atoms with Gasteiger partial charge < -0.3 is 14.6 Å². The highest BCUT2D eigenvalue weighted by Crippen LogP contribution is 2.61. The molecule has 0 bridgehead atoms.